The van der Waals surface area contributed by atoms with Gasteiger partial charge in [0, 0.05) is 31.2 Å². The van der Waals surface area contributed by atoms with Gasteiger partial charge in [-0.25, -0.2) is 9.97 Å². The Balaban J connectivity index is 2.09. The molecule has 0 saturated heterocycles. The summed E-state index contributed by atoms with van der Waals surface area (Å²) in [7, 11) is -1.11. The van der Waals surface area contributed by atoms with E-state index in [-0.39, 0.29) is 57.9 Å². The number of alkyl halides is 3. The second-order valence-electron chi connectivity index (χ2n) is 9.96. The number of pyridine rings is 1. The minimum Gasteiger partial charge on any atom is -0.489 e. The average molecular weight is 602 g/mol. The van der Waals surface area contributed by atoms with Crippen LogP contribution in [0.3, 0.4) is 0 Å². The highest BCUT2D eigenvalue weighted by Crippen LogP contribution is 2.41. The Kier molecular flexibility index (Phi) is 7.82. The zero-order chi connectivity index (χ0) is 29.6. The van der Waals surface area contributed by atoms with Crippen LogP contribution in [-0.4, -0.2) is 59.5 Å². The summed E-state index contributed by atoms with van der Waals surface area (Å²) in [6.45, 7) is 5.81. The van der Waals surface area contributed by atoms with Gasteiger partial charge in [-0.05, 0) is 6.07 Å². The van der Waals surface area contributed by atoms with Gasteiger partial charge in [0.25, 0.3) is 0 Å². The van der Waals surface area contributed by atoms with E-state index in [9.17, 15) is 21.6 Å². The van der Waals surface area contributed by atoms with E-state index in [0.29, 0.717) is 5.69 Å². The summed E-state index contributed by atoms with van der Waals surface area (Å²) in [5, 5.41) is 4.67. The number of nitrogens with zero attached hydrogens (tertiary/aromatic N) is 5. The number of benzene rings is 1. The second-order valence-corrected chi connectivity index (χ2v) is 11.9. The third kappa shape index (κ3) is 5.88. The summed E-state index contributed by atoms with van der Waals surface area (Å²) in [5.41, 5.74) is -1.20. The lowest BCUT2D eigenvalue weighted by Gasteiger charge is -2.15. The van der Waals surface area contributed by atoms with Crippen molar-refractivity contribution in [2.24, 2.45) is 7.05 Å². The molecule has 40 heavy (non-hydrogen) atoms. The Morgan fingerprint density at radius 1 is 1.07 bits per heavy atom. The molecule has 1 aromatic carbocycles. The number of imidazole rings is 1. The largest absolute Gasteiger partial charge is 0.489 e. The van der Waals surface area contributed by atoms with Crippen molar-refractivity contribution in [3.63, 3.8) is 0 Å². The number of halogens is 4. The average Bonchev–Trinajstić information content (AvgIpc) is 3.33. The van der Waals surface area contributed by atoms with Crippen LogP contribution in [0.5, 0.6) is 5.75 Å². The van der Waals surface area contributed by atoms with E-state index in [1.165, 1.54) is 36.1 Å². The summed E-state index contributed by atoms with van der Waals surface area (Å²) in [5.74, 6) is -0.132. The number of ether oxygens (including phenoxy) is 2. The third-order valence-corrected chi connectivity index (χ3v) is 6.50. The fraction of sp³-hybridized carbons (Fsp3) is 0.400. The molecular weight excluding hydrogens is 575 g/mol. The lowest BCUT2D eigenvalue weighted by molar-refractivity contribution is -0.137. The molecule has 0 bridgehead atoms. The van der Waals surface area contributed by atoms with E-state index in [4.69, 9.17) is 25.4 Å². The zero-order valence-electron chi connectivity index (χ0n) is 22.5. The van der Waals surface area contributed by atoms with Crippen molar-refractivity contribution < 1.29 is 35.3 Å². The Morgan fingerprint density at radius 3 is 2.33 bits per heavy atom. The zero-order valence-corrected chi connectivity index (χ0v) is 24.1. The van der Waals surface area contributed by atoms with Gasteiger partial charge in [-0.15, -0.1) is 4.73 Å². The molecule has 10 nitrogen and oxygen atoms in total. The van der Waals surface area contributed by atoms with Crippen molar-refractivity contribution in [3.05, 3.63) is 46.6 Å². The first kappa shape index (κ1) is 29.6. The van der Waals surface area contributed by atoms with Gasteiger partial charge in [-0.3, -0.25) is 8.97 Å². The molecule has 216 valence electrons. The van der Waals surface area contributed by atoms with Crippen molar-refractivity contribution in [2.45, 2.75) is 32.4 Å². The lowest BCUT2D eigenvalue weighted by Crippen LogP contribution is -2.20. The van der Waals surface area contributed by atoms with E-state index >= 15 is 0 Å². The van der Waals surface area contributed by atoms with Crippen LogP contribution < -0.4 is 9.02 Å². The molecule has 0 N–H and O–H groups in total. The molecule has 15 heteroatoms. The van der Waals surface area contributed by atoms with Gasteiger partial charge in [-0.2, -0.15) is 26.7 Å². The Bertz CT molecular complexity index is 1680. The van der Waals surface area contributed by atoms with Crippen molar-refractivity contribution in [2.75, 3.05) is 26.6 Å². The number of methoxy groups -OCH3 is 1. The summed E-state index contributed by atoms with van der Waals surface area (Å²) < 4.78 is 84.7. The predicted molar refractivity (Wildman–Crippen MR) is 143 cm³/mol. The number of aryl methyl sites for hydroxylation is 1. The molecule has 4 aromatic rings. The van der Waals surface area contributed by atoms with Gasteiger partial charge in [-0.1, -0.05) is 50.6 Å². The van der Waals surface area contributed by atoms with Crippen LogP contribution in [0.4, 0.5) is 13.2 Å². The van der Waals surface area contributed by atoms with Gasteiger partial charge in [0.05, 0.1) is 34.8 Å². The van der Waals surface area contributed by atoms with Crippen LogP contribution >= 0.6 is 11.6 Å². The summed E-state index contributed by atoms with van der Waals surface area (Å²) in [4.78, 5) is 8.85. The Hall–Kier alpha value is -3.36. The number of aromatic nitrogens is 5. The molecule has 0 spiro atoms. The van der Waals surface area contributed by atoms with Crippen molar-refractivity contribution in [1.29, 1.82) is 0 Å². The van der Waals surface area contributed by atoms with Crippen LogP contribution in [0.1, 0.15) is 32.0 Å². The standard InChI is InChI=1S/C25H27ClF3N5O5S/c1-24(2,3)21-18(26)20(33(4)32-21)23-31-22-19(34(23)39-40(6,35)36)17(38-12-11-37-5)13-16(30-22)14-9-7-8-10-15(14)25(27,28)29/h7-10,13H,11-12H2,1-6H3. The van der Waals surface area contributed by atoms with Crippen LogP contribution in [0.15, 0.2) is 30.3 Å². The molecule has 3 aromatic heterocycles. The Labute approximate surface area is 233 Å². The molecule has 0 radical (unpaired) electrons. The van der Waals surface area contributed by atoms with Crippen LogP contribution in [0, 0.1) is 0 Å². The minimum atomic E-state index is -4.67. The highest BCUT2D eigenvalue weighted by molar-refractivity contribution is 7.86. The molecule has 0 aliphatic heterocycles. The molecule has 0 aliphatic carbocycles. The normalized spacial score (nSPS) is 12.8. The Morgan fingerprint density at radius 2 is 1.75 bits per heavy atom. The maximum Gasteiger partial charge on any atom is 0.417 e. The lowest BCUT2D eigenvalue weighted by atomic mass is 9.92. The van der Waals surface area contributed by atoms with Gasteiger partial charge in [0.2, 0.25) is 0 Å². The van der Waals surface area contributed by atoms with Crippen molar-refractivity contribution >= 4 is 32.9 Å². The van der Waals surface area contributed by atoms with Gasteiger partial charge in [0.1, 0.15) is 12.3 Å². The molecule has 0 atom stereocenters. The minimum absolute atomic E-state index is 0.0179. The van der Waals surface area contributed by atoms with Gasteiger partial charge < -0.3 is 9.47 Å². The molecule has 0 unspecified atom stereocenters. The molecule has 0 amide bonds. The molecule has 0 aliphatic rings. The number of fused-ring (bicyclic) bond motifs is 1. The number of hydrogen-bond acceptors (Lipinski definition) is 8. The monoisotopic (exact) mass is 601 g/mol. The van der Waals surface area contributed by atoms with E-state index in [2.05, 4.69) is 15.1 Å². The smallest absolute Gasteiger partial charge is 0.417 e. The highest BCUT2D eigenvalue weighted by atomic mass is 35.5. The van der Waals surface area contributed by atoms with Crippen molar-refractivity contribution in [1.82, 2.24) is 24.5 Å². The van der Waals surface area contributed by atoms with Crippen LogP contribution in [0.25, 0.3) is 33.9 Å². The molecule has 4 rings (SSSR count). The van der Waals surface area contributed by atoms with E-state index in [0.717, 1.165) is 17.1 Å². The van der Waals surface area contributed by atoms with E-state index in [1.807, 2.05) is 20.8 Å². The van der Waals surface area contributed by atoms with Crippen LogP contribution in [0.2, 0.25) is 5.02 Å². The number of rotatable bonds is 8. The molecule has 3 heterocycles. The number of hydrogen-bond donors (Lipinski definition) is 0. The summed E-state index contributed by atoms with van der Waals surface area (Å²) in [6, 6.07) is 6.19. The van der Waals surface area contributed by atoms with E-state index < -0.39 is 27.3 Å². The maximum absolute atomic E-state index is 13.9. The quantitative estimate of drug-likeness (QED) is 0.263. The molecule has 0 saturated carbocycles. The summed E-state index contributed by atoms with van der Waals surface area (Å²) in [6.07, 6.45) is -3.83. The van der Waals surface area contributed by atoms with Gasteiger partial charge in [0.15, 0.2) is 22.7 Å². The second kappa shape index (κ2) is 10.6. The molecular formula is C25H27ClF3N5O5S. The first-order valence-corrected chi connectivity index (χ1v) is 14.1. The third-order valence-electron chi connectivity index (χ3n) is 5.72. The molecule has 0 fully saturated rings. The summed E-state index contributed by atoms with van der Waals surface area (Å²) >= 11 is 6.73. The van der Waals surface area contributed by atoms with Crippen molar-refractivity contribution in [3.8, 4) is 28.5 Å². The van der Waals surface area contributed by atoms with E-state index in [1.54, 1.807) is 7.05 Å². The SMILES string of the molecule is COCCOc1cc(-c2ccccc2C(F)(F)F)nc2nc(-c3c(Cl)c(C(C)(C)C)nn3C)n(OS(C)(=O)=O)c12. The topological polar surface area (TPSA) is 110 Å². The van der Waals surface area contributed by atoms with Gasteiger partial charge >= 0.3 is 16.3 Å². The first-order valence-electron chi connectivity index (χ1n) is 11.9. The highest BCUT2D eigenvalue weighted by Gasteiger charge is 2.35. The fourth-order valence-electron chi connectivity index (χ4n) is 4.04. The van der Waals surface area contributed by atoms with Crippen LogP contribution in [-0.2, 0) is 33.5 Å². The fourth-order valence-corrected chi connectivity index (χ4v) is 4.98. The predicted octanol–water partition coefficient (Wildman–Crippen LogP) is 4.88. The first-order chi connectivity index (χ1) is 18.5. The maximum atomic E-state index is 13.9.